The molecule has 5 nitrogen and oxygen atoms in total. The molecule has 0 saturated carbocycles. The van der Waals surface area contributed by atoms with Crippen molar-refractivity contribution in [2.75, 3.05) is 11.9 Å². The van der Waals surface area contributed by atoms with E-state index in [4.69, 9.17) is 5.73 Å². The fourth-order valence-corrected chi connectivity index (χ4v) is 1.55. The number of anilines is 1. The van der Waals surface area contributed by atoms with E-state index in [1.807, 2.05) is 13.8 Å². The van der Waals surface area contributed by atoms with E-state index in [9.17, 15) is 18.0 Å². The Labute approximate surface area is 120 Å². The Bertz CT molecular complexity index is 461. The number of amides is 1. The van der Waals surface area contributed by atoms with Gasteiger partial charge in [-0.3, -0.25) is 4.79 Å². The smallest absolute Gasteiger partial charge is 0.422 e. The fraction of sp³-hybridized carbons (Fsp3) is 0.538. The number of hydrogen-bond donors (Lipinski definition) is 2. The SMILES string of the molecule is CC(C)CC(N)C(=O)Nc1ccc(OCC(F)(F)F)nc1. The van der Waals surface area contributed by atoms with E-state index in [1.165, 1.54) is 18.3 Å². The molecule has 21 heavy (non-hydrogen) atoms. The Balaban J connectivity index is 2.52. The number of aromatic nitrogens is 1. The van der Waals surface area contributed by atoms with Crippen molar-refractivity contribution in [3.05, 3.63) is 18.3 Å². The van der Waals surface area contributed by atoms with Gasteiger partial charge in [-0.15, -0.1) is 0 Å². The van der Waals surface area contributed by atoms with E-state index in [2.05, 4.69) is 15.0 Å². The molecule has 3 N–H and O–H groups in total. The molecule has 0 aliphatic carbocycles. The fourth-order valence-electron chi connectivity index (χ4n) is 1.55. The van der Waals surface area contributed by atoms with E-state index in [-0.39, 0.29) is 17.7 Å². The Morgan fingerprint density at radius 2 is 2.10 bits per heavy atom. The topological polar surface area (TPSA) is 77.2 Å². The molecule has 1 rings (SSSR count). The minimum Gasteiger partial charge on any atom is -0.468 e. The minimum atomic E-state index is -4.42. The molecule has 0 aliphatic heterocycles. The van der Waals surface area contributed by atoms with Crippen LogP contribution in [0.1, 0.15) is 20.3 Å². The van der Waals surface area contributed by atoms with E-state index in [0.29, 0.717) is 12.1 Å². The van der Waals surface area contributed by atoms with Crippen molar-refractivity contribution in [2.45, 2.75) is 32.5 Å². The molecule has 0 bridgehead atoms. The van der Waals surface area contributed by atoms with Gasteiger partial charge in [0.25, 0.3) is 0 Å². The normalized spacial score (nSPS) is 13.1. The summed E-state index contributed by atoms with van der Waals surface area (Å²) in [6.45, 7) is 2.48. The van der Waals surface area contributed by atoms with E-state index in [1.54, 1.807) is 0 Å². The van der Waals surface area contributed by atoms with Crippen LogP contribution in [-0.2, 0) is 4.79 Å². The number of alkyl halides is 3. The second-order valence-electron chi connectivity index (χ2n) is 5.01. The summed E-state index contributed by atoms with van der Waals surface area (Å²) < 4.78 is 40.3. The predicted octanol–water partition coefficient (Wildman–Crippen LogP) is 2.33. The second-order valence-corrected chi connectivity index (χ2v) is 5.01. The van der Waals surface area contributed by atoms with Gasteiger partial charge in [-0.2, -0.15) is 13.2 Å². The van der Waals surface area contributed by atoms with Crippen LogP contribution in [0, 0.1) is 5.92 Å². The van der Waals surface area contributed by atoms with Crippen molar-refractivity contribution in [2.24, 2.45) is 11.7 Å². The van der Waals surface area contributed by atoms with Crippen molar-refractivity contribution in [1.29, 1.82) is 0 Å². The summed E-state index contributed by atoms with van der Waals surface area (Å²) in [6.07, 6.45) is -2.67. The summed E-state index contributed by atoms with van der Waals surface area (Å²) in [4.78, 5) is 15.4. The average Bonchev–Trinajstić information content (AvgIpc) is 2.36. The first kappa shape index (κ1) is 17.2. The number of hydrogen-bond acceptors (Lipinski definition) is 4. The molecule has 1 heterocycles. The summed E-state index contributed by atoms with van der Waals surface area (Å²) in [5.74, 6) is -0.256. The van der Waals surface area contributed by atoms with Gasteiger partial charge in [0.05, 0.1) is 17.9 Å². The number of nitrogens with two attached hydrogens (primary N) is 1. The number of rotatable bonds is 6. The van der Waals surface area contributed by atoms with Crippen molar-refractivity contribution in [3.8, 4) is 5.88 Å². The van der Waals surface area contributed by atoms with Gasteiger partial charge in [-0.05, 0) is 18.4 Å². The molecule has 118 valence electrons. The standard InChI is InChI=1S/C13H18F3N3O2/c1-8(2)5-10(17)12(20)19-9-3-4-11(18-6-9)21-7-13(14,15)16/h3-4,6,8,10H,5,7,17H2,1-2H3,(H,19,20). The number of halogens is 3. The number of nitrogens with zero attached hydrogens (tertiary/aromatic N) is 1. The van der Waals surface area contributed by atoms with Crippen molar-refractivity contribution < 1.29 is 22.7 Å². The van der Waals surface area contributed by atoms with Gasteiger partial charge in [0, 0.05) is 6.07 Å². The zero-order valence-electron chi connectivity index (χ0n) is 11.8. The first-order valence-electron chi connectivity index (χ1n) is 6.39. The lowest BCUT2D eigenvalue weighted by atomic mass is 10.0. The maximum Gasteiger partial charge on any atom is 0.422 e. The molecule has 0 aliphatic rings. The number of ether oxygens (including phenoxy) is 1. The lowest BCUT2D eigenvalue weighted by Gasteiger charge is -2.14. The molecule has 0 aromatic carbocycles. The molecule has 8 heteroatoms. The summed E-state index contributed by atoms with van der Waals surface area (Å²) in [6, 6.07) is 2.00. The average molecular weight is 305 g/mol. The first-order chi connectivity index (χ1) is 9.67. The third-order valence-electron chi connectivity index (χ3n) is 2.45. The van der Waals surface area contributed by atoms with Crippen molar-refractivity contribution in [1.82, 2.24) is 4.98 Å². The van der Waals surface area contributed by atoms with Crippen LogP contribution >= 0.6 is 0 Å². The van der Waals surface area contributed by atoms with Crippen LogP contribution < -0.4 is 15.8 Å². The first-order valence-corrected chi connectivity index (χ1v) is 6.39. The predicted molar refractivity (Wildman–Crippen MR) is 71.8 cm³/mol. The molecule has 0 fully saturated rings. The van der Waals surface area contributed by atoms with Gasteiger partial charge in [-0.25, -0.2) is 4.98 Å². The molecule has 1 aromatic rings. The second kappa shape index (κ2) is 7.26. The maximum atomic E-state index is 12.0. The van der Waals surface area contributed by atoms with Gasteiger partial charge < -0.3 is 15.8 Å². The van der Waals surface area contributed by atoms with Crippen LogP contribution in [-0.4, -0.2) is 29.7 Å². The van der Waals surface area contributed by atoms with Gasteiger partial charge in [0.15, 0.2) is 6.61 Å². The number of carbonyl (C=O) groups is 1. The minimum absolute atomic E-state index is 0.170. The summed E-state index contributed by atoms with van der Waals surface area (Å²) in [5, 5.41) is 2.54. The quantitative estimate of drug-likeness (QED) is 0.845. The zero-order valence-corrected chi connectivity index (χ0v) is 11.8. The summed E-state index contributed by atoms with van der Waals surface area (Å²) in [5.41, 5.74) is 6.06. The van der Waals surface area contributed by atoms with Crippen LogP contribution in [0.2, 0.25) is 0 Å². The van der Waals surface area contributed by atoms with Crippen molar-refractivity contribution >= 4 is 11.6 Å². The maximum absolute atomic E-state index is 12.0. The highest BCUT2D eigenvalue weighted by molar-refractivity contribution is 5.94. The van der Waals surface area contributed by atoms with Crippen LogP contribution in [0.4, 0.5) is 18.9 Å². The van der Waals surface area contributed by atoms with Gasteiger partial charge in [0.1, 0.15) is 0 Å². The molecule has 0 radical (unpaired) electrons. The van der Waals surface area contributed by atoms with Gasteiger partial charge in [0.2, 0.25) is 11.8 Å². The van der Waals surface area contributed by atoms with Gasteiger partial charge >= 0.3 is 6.18 Å². The summed E-state index contributed by atoms with van der Waals surface area (Å²) in [7, 11) is 0. The lowest BCUT2D eigenvalue weighted by molar-refractivity contribution is -0.154. The molecule has 1 amide bonds. The monoisotopic (exact) mass is 305 g/mol. The molecule has 0 spiro atoms. The van der Waals surface area contributed by atoms with Crippen LogP contribution in [0.3, 0.4) is 0 Å². The van der Waals surface area contributed by atoms with E-state index in [0.717, 1.165) is 0 Å². The number of pyridine rings is 1. The molecular weight excluding hydrogens is 287 g/mol. The number of nitrogens with one attached hydrogen (secondary N) is 1. The lowest BCUT2D eigenvalue weighted by Crippen LogP contribution is -2.36. The van der Waals surface area contributed by atoms with Gasteiger partial charge in [-0.1, -0.05) is 13.8 Å². The molecular formula is C13H18F3N3O2. The van der Waals surface area contributed by atoms with E-state index < -0.39 is 18.8 Å². The zero-order chi connectivity index (χ0) is 16.0. The highest BCUT2D eigenvalue weighted by Gasteiger charge is 2.28. The third kappa shape index (κ3) is 6.94. The highest BCUT2D eigenvalue weighted by atomic mass is 19.4. The number of carbonyl (C=O) groups excluding carboxylic acids is 1. The van der Waals surface area contributed by atoms with E-state index >= 15 is 0 Å². The molecule has 1 aromatic heterocycles. The van der Waals surface area contributed by atoms with Crippen LogP contribution in [0.5, 0.6) is 5.88 Å². The Kier molecular flexibility index (Phi) is 5.95. The molecule has 1 atom stereocenters. The Morgan fingerprint density at radius 1 is 1.43 bits per heavy atom. The van der Waals surface area contributed by atoms with Crippen LogP contribution in [0.25, 0.3) is 0 Å². The molecule has 1 unspecified atom stereocenters. The largest absolute Gasteiger partial charge is 0.468 e. The summed E-state index contributed by atoms with van der Waals surface area (Å²) >= 11 is 0. The molecule has 0 saturated heterocycles. The third-order valence-corrected chi connectivity index (χ3v) is 2.45. The highest BCUT2D eigenvalue weighted by Crippen LogP contribution is 2.18. The Hall–Kier alpha value is -1.83. The van der Waals surface area contributed by atoms with Crippen molar-refractivity contribution in [3.63, 3.8) is 0 Å². The van der Waals surface area contributed by atoms with Crippen LogP contribution in [0.15, 0.2) is 18.3 Å². The Morgan fingerprint density at radius 3 is 2.57 bits per heavy atom.